The van der Waals surface area contributed by atoms with E-state index >= 15 is 0 Å². The van der Waals surface area contributed by atoms with Crippen LogP contribution in [0.2, 0.25) is 0 Å². The number of nitrogens with zero attached hydrogens (tertiary/aromatic N) is 2. The molecule has 3 rings (SSSR count). The van der Waals surface area contributed by atoms with E-state index in [1.165, 1.54) is 18.2 Å². The first-order valence-corrected chi connectivity index (χ1v) is 9.66. The number of benzene rings is 2. The van der Waals surface area contributed by atoms with Crippen LogP contribution >= 0.6 is 0 Å². The molecule has 5 nitrogen and oxygen atoms in total. The zero-order valence-electron chi connectivity index (χ0n) is 16.9. The molecule has 0 aliphatic carbocycles. The molecule has 0 saturated carbocycles. The number of fused-ring (bicyclic) bond motifs is 1. The van der Waals surface area contributed by atoms with E-state index in [2.05, 4.69) is 10.3 Å². The van der Waals surface area contributed by atoms with Gasteiger partial charge in [-0.05, 0) is 43.0 Å². The van der Waals surface area contributed by atoms with E-state index in [0.717, 1.165) is 15.7 Å². The number of para-hydroxylation sites is 3. The molecule has 0 fully saturated rings. The average molecular weight is 417 g/mol. The van der Waals surface area contributed by atoms with Crippen LogP contribution in [0.4, 0.5) is 18.9 Å². The van der Waals surface area contributed by atoms with E-state index < -0.39 is 29.4 Å². The van der Waals surface area contributed by atoms with E-state index in [1.807, 2.05) is 32.0 Å². The van der Waals surface area contributed by atoms with Crippen molar-refractivity contribution in [3.8, 4) is 0 Å². The quantitative estimate of drug-likeness (QED) is 0.644. The molecule has 0 saturated heterocycles. The fraction of sp³-hybridized carbons (Fsp3) is 0.318. The average Bonchev–Trinajstić information content (AvgIpc) is 2.70. The van der Waals surface area contributed by atoms with Crippen LogP contribution in [-0.2, 0) is 17.4 Å². The van der Waals surface area contributed by atoms with Crippen molar-refractivity contribution in [2.45, 2.75) is 45.8 Å². The van der Waals surface area contributed by atoms with E-state index in [0.29, 0.717) is 12.1 Å². The molecule has 0 aliphatic rings. The highest BCUT2D eigenvalue weighted by Crippen LogP contribution is 2.29. The van der Waals surface area contributed by atoms with E-state index in [-0.39, 0.29) is 17.5 Å². The Morgan fingerprint density at radius 1 is 1.13 bits per heavy atom. The van der Waals surface area contributed by atoms with E-state index in [4.69, 9.17) is 0 Å². The summed E-state index contributed by atoms with van der Waals surface area (Å²) in [5, 5.41) is 2.83. The van der Waals surface area contributed by atoms with Crippen molar-refractivity contribution < 1.29 is 18.0 Å². The van der Waals surface area contributed by atoms with Gasteiger partial charge in [0, 0.05) is 5.69 Å². The Balaban J connectivity index is 2.17. The topological polar surface area (TPSA) is 64.0 Å². The maximum Gasteiger partial charge on any atom is 0.438 e. The Labute approximate surface area is 171 Å². The number of alkyl halides is 3. The summed E-state index contributed by atoms with van der Waals surface area (Å²) in [6.07, 6.45) is -4.13. The van der Waals surface area contributed by atoms with Gasteiger partial charge >= 0.3 is 6.18 Å². The molecule has 3 aromatic rings. The van der Waals surface area contributed by atoms with Crippen molar-refractivity contribution in [3.05, 3.63) is 69.6 Å². The summed E-state index contributed by atoms with van der Waals surface area (Å²) in [5.74, 6) is -0.548. The van der Waals surface area contributed by atoms with E-state index in [1.54, 1.807) is 13.0 Å². The summed E-state index contributed by atoms with van der Waals surface area (Å²) in [7, 11) is 0. The van der Waals surface area contributed by atoms with Gasteiger partial charge in [0.05, 0.1) is 11.0 Å². The summed E-state index contributed by atoms with van der Waals surface area (Å²) in [5.41, 5.74) is -0.326. The number of nitrogens with one attached hydrogen (secondary N) is 1. The van der Waals surface area contributed by atoms with Crippen LogP contribution in [0.15, 0.2) is 47.3 Å². The molecule has 8 heteroatoms. The first kappa shape index (κ1) is 21.5. The Morgan fingerprint density at radius 3 is 2.47 bits per heavy atom. The van der Waals surface area contributed by atoms with Crippen molar-refractivity contribution in [3.63, 3.8) is 0 Å². The van der Waals surface area contributed by atoms with Gasteiger partial charge in [0.15, 0.2) is 0 Å². The summed E-state index contributed by atoms with van der Waals surface area (Å²) < 4.78 is 41.2. The van der Waals surface area contributed by atoms with Gasteiger partial charge in [-0.2, -0.15) is 13.2 Å². The Bertz CT molecular complexity index is 1150. The lowest BCUT2D eigenvalue weighted by Gasteiger charge is -2.22. The fourth-order valence-corrected chi connectivity index (χ4v) is 3.54. The zero-order chi connectivity index (χ0) is 22.1. The van der Waals surface area contributed by atoms with Crippen LogP contribution in [0, 0.1) is 6.92 Å². The fourth-order valence-electron chi connectivity index (χ4n) is 3.54. The van der Waals surface area contributed by atoms with Gasteiger partial charge in [-0.15, -0.1) is 0 Å². The highest BCUT2D eigenvalue weighted by molar-refractivity contribution is 5.96. The largest absolute Gasteiger partial charge is 0.438 e. The molecule has 158 valence electrons. The van der Waals surface area contributed by atoms with Crippen molar-refractivity contribution in [1.29, 1.82) is 0 Å². The number of halogens is 3. The number of hydrogen-bond donors (Lipinski definition) is 1. The summed E-state index contributed by atoms with van der Waals surface area (Å²) in [6, 6.07) is 10.5. The summed E-state index contributed by atoms with van der Waals surface area (Å²) >= 11 is 0. The number of aryl methyl sites for hydroxylation is 2. The van der Waals surface area contributed by atoms with Crippen molar-refractivity contribution in [2.24, 2.45) is 0 Å². The Kier molecular flexibility index (Phi) is 5.96. The third-order valence-electron chi connectivity index (χ3n) is 5.05. The minimum atomic E-state index is -4.93. The van der Waals surface area contributed by atoms with Crippen molar-refractivity contribution in [1.82, 2.24) is 9.55 Å². The minimum Gasteiger partial charge on any atom is -0.324 e. The van der Waals surface area contributed by atoms with Gasteiger partial charge in [0.25, 0.3) is 5.56 Å². The smallest absolute Gasteiger partial charge is 0.324 e. The molecule has 0 radical (unpaired) electrons. The maximum atomic E-state index is 13.4. The lowest BCUT2D eigenvalue weighted by Crippen LogP contribution is -2.37. The van der Waals surface area contributed by atoms with Crippen LogP contribution in [0.1, 0.15) is 43.1 Å². The van der Waals surface area contributed by atoms with Gasteiger partial charge < -0.3 is 5.32 Å². The van der Waals surface area contributed by atoms with Crippen LogP contribution in [0.5, 0.6) is 0 Å². The van der Waals surface area contributed by atoms with E-state index in [9.17, 15) is 22.8 Å². The van der Waals surface area contributed by atoms with Gasteiger partial charge in [-0.3, -0.25) is 14.2 Å². The SMILES string of the molecule is CCc1cccc(C)c1NC(=O)C(CC)n1c(=O)c(C(F)(F)F)nc2ccccc21. The minimum absolute atomic E-state index is 0.000754. The lowest BCUT2D eigenvalue weighted by atomic mass is 10.0. The zero-order valence-corrected chi connectivity index (χ0v) is 16.9. The van der Waals surface area contributed by atoms with Gasteiger partial charge in [0.1, 0.15) is 6.04 Å². The molecule has 0 spiro atoms. The number of amides is 1. The lowest BCUT2D eigenvalue weighted by molar-refractivity contribution is -0.142. The molecule has 1 unspecified atom stereocenters. The number of anilines is 1. The molecule has 1 aromatic heterocycles. The molecule has 2 aromatic carbocycles. The Morgan fingerprint density at radius 2 is 1.83 bits per heavy atom. The standard InChI is InChI=1S/C22H22F3N3O2/c1-4-14-10-8-9-13(3)18(14)27-20(29)16(5-2)28-17-12-7-6-11-15(17)26-19(21(28)30)22(23,24)25/h6-12,16H,4-5H2,1-3H3,(H,27,29). The van der Waals surface area contributed by atoms with Crippen LogP contribution in [0.3, 0.4) is 0 Å². The van der Waals surface area contributed by atoms with Gasteiger partial charge in [-0.1, -0.05) is 44.2 Å². The molecule has 1 heterocycles. The molecular weight excluding hydrogens is 395 g/mol. The number of rotatable bonds is 5. The third-order valence-corrected chi connectivity index (χ3v) is 5.05. The number of carbonyl (C=O) groups excluding carboxylic acids is 1. The molecule has 0 bridgehead atoms. The molecule has 1 amide bonds. The summed E-state index contributed by atoms with van der Waals surface area (Å²) in [4.78, 5) is 29.4. The number of aromatic nitrogens is 2. The van der Waals surface area contributed by atoms with Crippen molar-refractivity contribution in [2.75, 3.05) is 5.32 Å². The third kappa shape index (κ3) is 3.94. The van der Waals surface area contributed by atoms with Crippen molar-refractivity contribution >= 4 is 22.6 Å². The second kappa shape index (κ2) is 8.30. The van der Waals surface area contributed by atoms with Crippen LogP contribution < -0.4 is 10.9 Å². The second-order valence-corrected chi connectivity index (χ2v) is 7.00. The first-order valence-electron chi connectivity index (χ1n) is 9.66. The Hall–Kier alpha value is -3.16. The first-order chi connectivity index (χ1) is 14.2. The maximum absolute atomic E-state index is 13.4. The molecule has 1 N–H and O–H groups in total. The summed E-state index contributed by atoms with van der Waals surface area (Å²) in [6.45, 7) is 5.43. The monoisotopic (exact) mass is 417 g/mol. The molecule has 1 atom stereocenters. The highest BCUT2D eigenvalue weighted by Gasteiger charge is 2.38. The number of carbonyl (C=O) groups is 1. The highest BCUT2D eigenvalue weighted by atomic mass is 19.4. The predicted molar refractivity (Wildman–Crippen MR) is 110 cm³/mol. The molecule has 30 heavy (non-hydrogen) atoms. The van der Waals surface area contributed by atoms with Gasteiger partial charge in [0.2, 0.25) is 11.6 Å². The van der Waals surface area contributed by atoms with Gasteiger partial charge in [-0.25, -0.2) is 4.98 Å². The second-order valence-electron chi connectivity index (χ2n) is 7.00. The predicted octanol–water partition coefficient (Wildman–Crippen LogP) is 4.88. The van der Waals surface area contributed by atoms with Crippen LogP contribution in [0.25, 0.3) is 11.0 Å². The molecular formula is C22H22F3N3O2. The number of hydrogen-bond acceptors (Lipinski definition) is 3. The van der Waals surface area contributed by atoms with Crippen LogP contribution in [-0.4, -0.2) is 15.5 Å². The normalized spacial score (nSPS) is 12.7. The molecule has 0 aliphatic heterocycles.